The van der Waals surface area contributed by atoms with E-state index in [-0.39, 0.29) is 25.7 Å². The fourth-order valence-electron chi connectivity index (χ4n) is 10.5. The number of carbonyl (C=O) groups is 4. The summed E-state index contributed by atoms with van der Waals surface area (Å²) in [7, 11) is -9.92. The summed E-state index contributed by atoms with van der Waals surface area (Å²) in [5, 5.41) is 10.6. The first-order valence-corrected chi connectivity index (χ1v) is 40.2. The van der Waals surface area contributed by atoms with Crippen LogP contribution in [0.3, 0.4) is 0 Å². The van der Waals surface area contributed by atoms with Gasteiger partial charge >= 0.3 is 39.5 Å². The van der Waals surface area contributed by atoms with Crippen LogP contribution in [0.5, 0.6) is 0 Å². The van der Waals surface area contributed by atoms with E-state index >= 15 is 0 Å². The molecule has 3 unspecified atom stereocenters. The molecule has 542 valence electrons. The van der Waals surface area contributed by atoms with Crippen LogP contribution >= 0.6 is 15.6 Å². The third kappa shape index (κ3) is 64.9. The van der Waals surface area contributed by atoms with Crippen molar-refractivity contribution in [1.82, 2.24) is 0 Å². The lowest BCUT2D eigenvalue weighted by Gasteiger charge is -2.21. The Balaban J connectivity index is 5.22. The molecule has 0 saturated heterocycles. The van der Waals surface area contributed by atoms with Gasteiger partial charge in [0.25, 0.3) is 0 Å². The molecular weight excluding hydrogens is 1210 g/mol. The maximum absolute atomic E-state index is 13.0. The summed E-state index contributed by atoms with van der Waals surface area (Å²) < 4.78 is 68.3. The Bertz CT molecular complexity index is 1900. The van der Waals surface area contributed by atoms with E-state index in [0.29, 0.717) is 31.6 Å². The van der Waals surface area contributed by atoms with Crippen molar-refractivity contribution in [2.75, 3.05) is 39.6 Å². The number of allylic oxidation sites excluding steroid dienone is 4. The third-order valence-electron chi connectivity index (χ3n) is 16.6. The molecule has 3 N–H and O–H groups in total. The number of aliphatic hydroxyl groups excluding tert-OH is 1. The molecule has 0 heterocycles. The molecule has 0 spiro atoms. The average Bonchev–Trinajstić information content (AvgIpc) is 3.70. The van der Waals surface area contributed by atoms with Gasteiger partial charge in [0.05, 0.1) is 26.4 Å². The Morgan fingerprint density at radius 2 is 0.641 bits per heavy atom. The van der Waals surface area contributed by atoms with Gasteiger partial charge in [-0.1, -0.05) is 291 Å². The van der Waals surface area contributed by atoms with E-state index in [1.165, 1.54) is 135 Å². The maximum atomic E-state index is 13.0. The number of carbonyl (C=O) groups excluding carboxylic acids is 4. The Morgan fingerprint density at radius 3 is 0.967 bits per heavy atom. The first-order chi connectivity index (χ1) is 44.3. The average molecular weight is 1350 g/mol. The van der Waals surface area contributed by atoms with Crippen LogP contribution in [0.2, 0.25) is 0 Å². The summed E-state index contributed by atoms with van der Waals surface area (Å²) in [6.07, 6.45) is 51.0. The van der Waals surface area contributed by atoms with Gasteiger partial charge in [0.15, 0.2) is 12.2 Å². The quantitative estimate of drug-likeness (QED) is 0.0169. The van der Waals surface area contributed by atoms with Crippen LogP contribution in [0.15, 0.2) is 24.3 Å². The largest absolute Gasteiger partial charge is 0.472 e. The molecule has 0 saturated carbocycles. The maximum Gasteiger partial charge on any atom is 0.472 e. The Morgan fingerprint density at radius 1 is 0.359 bits per heavy atom. The second-order valence-electron chi connectivity index (χ2n) is 26.8. The fourth-order valence-corrected chi connectivity index (χ4v) is 12.1. The summed E-state index contributed by atoms with van der Waals surface area (Å²) in [5.41, 5.74) is 0. The van der Waals surface area contributed by atoms with Crippen LogP contribution < -0.4 is 0 Å². The standard InChI is InChI=1S/C73H138O17P2/c1-8-10-11-12-13-14-15-16-18-23-26-29-32-42-49-56-72(77)89-68(61-84-71(76)55-48-41-35-33-38-45-52-65(5)6)62-87-91(79,80)85-58-67(74)59-86-92(81,82)88-63-69(90-73(78)57-50-43-36-34-39-46-53-66(7)9-2)60-83-70(75)54-47-40-31-28-25-22-20-17-19-21-24-27-30-37-44-51-64(3)4/h14-16,18,64-69,74H,8-13,17,19-63H2,1-7H3,(H,79,80)(H,81,82)/b15-14-,18-16-/t66?,67-,68+,69+/m0/s1. The van der Waals surface area contributed by atoms with Crippen molar-refractivity contribution >= 4 is 39.5 Å². The number of aliphatic hydroxyl groups is 1. The van der Waals surface area contributed by atoms with Gasteiger partial charge in [0.1, 0.15) is 19.3 Å². The topological polar surface area (TPSA) is 237 Å². The monoisotopic (exact) mass is 1350 g/mol. The third-order valence-corrected chi connectivity index (χ3v) is 18.5. The van der Waals surface area contributed by atoms with Gasteiger partial charge in [-0.25, -0.2) is 9.13 Å². The van der Waals surface area contributed by atoms with E-state index in [1.54, 1.807) is 0 Å². The molecule has 6 atom stereocenters. The lowest BCUT2D eigenvalue weighted by molar-refractivity contribution is -0.161. The van der Waals surface area contributed by atoms with Crippen molar-refractivity contribution < 1.29 is 80.2 Å². The van der Waals surface area contributed by atoms with E-state index in [2.05, 4.69) is 72.8 Å². The first kappa shape index (κ1) is 89.5. The van der Waals surface area contributed by atoms with E-state index in [1.807, 2.05) is 0 Å². The van der Waals surface area contributed by atoms with Crippen molar-refractivity contribution in [3.8, 4) is 0 Å². The van der Waals surface area contributed by atoms with Gasteiger partial charge in [-0.3, -0.25) is 37.3 Å². The minimum absolute atomic E-state index is 0.0835. The summed E-state index contributed by atoms with van der Waals surface area (Å²) in [6.45, 7) is 11.7. The second kappa shape index (κ2) is 63.3. The van der Waals surface area contributed by atoms with Crippen LogP contribution in [-0.2, 0) is 65.4 Å². The fraction of sp³-hybridized carbons (Fsp3) is 0.890. The molecule has 0 aliphatic carbocycles. The van der Waals surface area contributed by atoms with Crippen LogP contribution in [0.1, 0.15) is 344 Å². The zero-order valence-corrected chi connectivity index (χ0v) is 61.3. The van der Waals surface area contributed by atoms with Gasteiger partial charge in [0, 0.05) is 25.7 Å². The summed E-state index contributed by atoms with van der Waals surface area (Å²) in [5.74, 6) is 0.0409. The molecule has 0 aliphatic heterocycles. The minimum atomic E-state index is -4.96. The smallest absolute Gasteiger partial charge is 0.462 e. The van der Waals surface area contributed by atoms with Gasteiger partial charge in [-0.2, -0.15) is 0 Å². The molecule has 0 aromatic heterocycles. The normalized spacial score (nSPS) is 14.6. The highest BCUT2D eigenvalue weighted by Crippen LogP contribution is 2.45. The summed E-state index contributed by atoms with van der Waals surface area (Å²) in [6, 6.07) is 0. The number of rotatable bonds is 69. The predicted octanol–water partition coefficient (Wildman–Crippen LogP) is 20.6. The predicted molar refractivity (Wildman–Crippen MR) is 372 cm³/mol. The summed E-state index contributed by atoms with van der Waals surface area (Å²) >= 11 is 0. The molecule has 0 aliphatic rings. The molecule has 0 fully saturated rings. The highest BCUT2D eigenvalue weighted by atomic mass is 31.2. The Labute approximate surface area is 561 Å². The first-order valence-electron chi connectivity index (χ1n) is 37.2. The summed E-state index contributed by atoms with van der Waals surface area (Å²) in [4.78, 5) is 72.6. The number of phosphoric ester groups is 2. The van der Waals surface area contributed by atoms with Crippen molar-refractivity contribution in [2.24, 2.45) is 17.8 Å². The van der Waals surface area contributed by atoms with E-state index in [9.17, 15) is 43.2 Å². The number of esters is 4. The molecule has 0 amide bonds. The minimum Gasteiger partial charge on any atom is -0.462 e. The number of phosphoric acid groups is 2. The highest BCUT2D eigenvalue weighted by Gasteiger charge is 2.30. The van der Waals surface area contributed by atoms with Gasteiger partial charge < -0.3 is 33.8 Å². The van der Waals surface area contributed by atoms with Gasteiger partial charge in [-0.05, 0) is 69.1 Å². The lowest BCUT2D eigenvalue weighted by Crippen LogP contribution is -2.30. The van der Waals surface area contributed by atoms with E-state index < -0.39 is 97.5 Å². The molecule has 92 heavy (non-hydrogen) atoms. The lowest BCUT2D eigenvalue weighted by atomic mass is 10.00. The SMILES string of the molecule is CCCCCC/C=C\C=C/CCCCCCCC(=O)O[C@H](COC(=O)CCCCCCCCC(C)C)COP(=O)(O)OC[C@H](O)COP(=O)(O)OC[C@@H](COC(=O)CCCCCCCCCCCCCCCCCC(C)C)OC(=O)CCCCCCCCC(C)CC. The molecule has 0 radical (unpaired) electrons. The van der Waals surface area contributed by atoms with E-state index in [0.717, 1.165) is 121 Å². The molecule has 0 aromatic rings. The second-order valence-corrected chi connectivity index (χ2v) is 29.7. The van der Waals surface area contributed by atoms with Crippen molar-refractivity contribution in [1.29, 1.82) is 0 Å². The molecule has 17 nitrogen and oxygen atoms in total. The highest BCUT2D eigenvalue weighted by molar-refractivity contribution is 7.47. The molecule has 19 heteroatoms. The number of hydrogen-bond acceptors (Lipinski definition) is 15. The van der Waals surface area contributed by atoms with Crippen molar-refractivity contribution in [2.45, 2.75) is 362 Å². The molecule has 0 rings (SSSR count). The van der Waals surface area contributed by atoms with Crippen LogP contribution in [0, 0.1) is 17.8 Å². The van der Waals surface area contributed by atoms with Crippen LogP contribution in [0.25, 0.3) is 0 Å². The molecule has 0 bridgehead atoms. The zero-order valence-electron chi connectivity index (χ0n) is 59.5. The van der Waals surface area contributed by atoms with Gasteiger partial charge in [0.2, 0.25) is 0 Å². The van der Waals surface area contributed by atoms with Crippen LogP contribution in [0.4, 0.5) is 0 Å². The zero-order chi connectivity index (χ0) is 68.0. The number of hydrogen-bond donors (Lipinski definition) is 3. The number of ether oxygens (including phenoxy) is 4. The van der Waals surface area contributed by atoms with Crippen molar-refractivity contribution in [3.05, 3.63) is 24.3 Å². The molecule has 0 aromatic carbocycles. The van der Waals surface area contributed by atoms with Crippen molar-refractivity contribution in [3.63, 3.8) is 0 Å². The Hall–Kier alpha value is -2.46. The van der Waals surface area contributed by atoms with Crippen LogP contribution in [-0.4, -0.2) is 96.7 Å². The Kier molecular flexibility index (Phi) is 61.6. The van der Waals surface area contributed by atoms with E-state index in [4.69, 9.17) is 37.0 Å². The molecular formula is C73H138O17P2. The van der Waals surface area contributed by atoms with Gasteiger partial charge in [-0.15, -0.1) is 0 Å². The number of unbranched alkanes of at least 4 members (excludes halogenated alkanes) is 33.